The molecule has 0 unspecified atom stereocenters. The maximum atomic E-state index is 13.8. The van der Waals surface area contributed by atoms with E-state index in [-0.39, 0.29) is 11.6 Å². The van der Waals surface area contributed by atoms with Crippen LogP contribution in [0.2, 0.25) is 20.1 Å². The van der Waals surface area contributed by atoms with Crippen molar-refractivity contribution >= 4 is 267 Å². The molecular weight excluding hydrogens is 2030 g/mol. The molecule has 0 atom stereocenters. The summed E-state index contributed by atoms with van der Waals surface area (Å²) in [6, 6.07) is 121. The van der Waals surface area contributed by atoms with Crippen molar-refractivity contribution in [2.75, 3.05) is 0 Å². The van der Waals surface area contributed by atoms with Crippen molar-refractivity contribution < 1.29 is 26.3 Å². The molecule has 0 amide bonds. The lowest BCUT2D eigenvalue weighted by molar-refractivity contribution is 0.627. The third-order valence-corrected chi connectivity index (χ3v) is 26.5. The van der Waals surface area contributed by atoms with E-state index < -0.39 is 47.9 Å². The molecule has 0 N–H and O–H groups in total. The van der Waals surface area contributed by atoms with E-state index in [1.807, 2.05) is 72.8 Å². The molecule has 0 spiro atoms. The van der Waals surface area contributed by atoms with Crippen LogP contribution in [-0.2, 0) is 0 Å². The molecule has 0 radical (unpaired) electrons. The van der Waals surface area contributed by atoms with Gasteiger partial charge in [0, 0.05) is 45.1 Å². The molecule has 16 aromatic carbocycles. The second-order valence-electron chi connectivity index (χ2n) is 28.3. The van der Waals surface area contributed by atoms with Gasteiger partial charge in [0.2, 0.25) is 0 Å². The molecule has 0 aromatic heterocycles. The van der Waals surface area contributed by atoms with Crippen LogP contribution < -0.4 is 87.4 Å². The van der Waals surface area contributed by atoms with Crippen LogP contribution in [-0.4, -0.2) is 24.6 Å². The van der Waals surface area contributed by atoms with Gasteiger partial charge in [0.05, 0.1) is 0 Å². The summed E-state index contributed by atoms with van der Waals surface area (Å²) in [5.41, 5.74) is 16.8. The highest BCUT2D eigenvalue weighted by Gasteiger charge is 2.36. The Bertz CT molecular complexity index is 4440. The predicted octanol–water partition coefficient (Wildman–Crippen LogP) is 20.0. The first kappa shape index (κ1) is 85.8. The Balaban J connectivity index is 0.000000135. The van der Waals surface area contributed by atoms with E-state index in [2.05, 4.69) is 303 Å². The standard InChI is InChI=1S/C24H16BBr4.C24H16BCl4.C24H16BF4.C24H16BF2I2/c4*26-21-9-1-17(2-10-21)25(18-3-11-22(27)12-4-18,19-5-13-23(28)14-6-19)20-7-15-24(29)16-8-20/h4*1-16H/q4*-1. The van der Waals surface area contributed by atoms with E-state index in [4.69, 9.17) is 46.4 Å². The van der Waals surface area contributed by atoms with Gasteiger partial charge in [-0.25, -0.2) is 26.3 Å². The summed E-state index contributed by atoms with van der Waals surface area (Å²) in [6.07, 6.45) is -6.42. The minimum Gasteiger partial charge on any atom is -0.207 e. The van der Waals surface area contributed by atoms with Crippen LogP contribution in [0.4, 0.5) is 26.3 Å². The van der Waals surface area contributed by atoms with Crippen LogP contribution in [0.1, 0.15) is 0 Å². The van der Waals surface area contributed by atoms with E-state index in [1.54, 1.807) is 48.5 Å². The normalized spacial score (nSPS) is 11.4. The van der Waals surface area contributed by atoms with Crippen LogP contribution in [0, 0.1) is 42.0 Å². The zero-order valence-electron chi connectivity index (χ0n) is 61.3. The lowest BCUT2D eigenvalue weighted by atomic mass is 9.13. The molecule has 576 valence electrons. The summed E-state index contributed by atoms with van der Waals surface area (Å²) >= 11 is 43.8. The van der Waals surface area contributed by atoms with Gasteiger partial charge in [-0.15, -0.1) is 0 Å². The van der Waals surface area contributed by atoms with Gasteiger partial charge in [-0.3, -0.25) is 0 Å². The molecular formula is C96H64B4Br4Cl4F6I2-4. The van der Waals surface area contributed by atoms with E-state index in [0.29, 0.717) is 20.1 Å². The van der Waals surface area contributed by atoms with Gasteiger partial charge in [0.15, 0.2) is 0 Å². The quantitative estimate of drug-likeness (QED) is 0.0514. The average molecular weight is 2090 g/mol. The van der Waals surface area contributed by atoms with Gasteiger partial charge in [-0.2, -0.15) is 87.4 Å². The molecule has 0 aliphatic heterocycles. The van der Waals surface area contributed by atoms with Gasteiger partial charge < -0.3 is 0 Å². The molecule has 116 heavy (non-hydrogen) atoms. The number of halogens is 16. The topological polar surface area (TPSA) is 0 Å². The Labute approximate surface area is 753 Å². The Morgan fingerprint density at radius 2 is 0.250 bits per heavy atom. The van der Waals surface area contributed by atoms with Crippen molar-refractivity contribution in [3.05, 3.63) is 468 Å². The van der Waals surface area contributed by atoms with Crippen LogP contribution in [0.5, 0.6) is 0 Å². The van der Waals surface area contributed by atoms with E-state index >= 15 is 0 Å². The summed E-state index contributed by atoms with van der Waals surface area (Å²) in [4.78, 5) is 0. The third-order valence-electron chi connectivity index (χ3n) is 21.9. The second-order valence-corrected chi connectivity index (χ2v) is 36.2. The van der Waals surface area contributed by atoms with Crippen LogP contribution >= 0.6 is 155 Å². The minimum atomic E-state index is -1.94. The molecule has 0 nitrogen and oxygen atoms in total. The van der Waals surface area contributed by atoms with Gasteiger partial charge in [-0.05, 0) is 167 Å². The van der Waals surface area contributed by atoms with E-state index in [0.717, 1.165) is 90.6 Å². The first-order chi connectivity index (χ1) is 56.0. The summed E-state index contributed by atoms with van der Waals surface area (Å²) in [5, 5.41) is 2.78. The smallest absolute Gasteiger partial charge is 0.122 e. The van der Waals surface area contributed by atoms with Crippen LogP contribution in [0.25, 0.3) is 0 Å². The second kappa shape index (κ2) is 38.7. The fraction of sp³-hybridized carbons (Fsp3) is 0. The lowest BCUT2D eigenvalue weighted by Gasteiger charge is -2.44. The molecule has 0 heterocycles. The van der Waals surface area contributed by atoms with Crippen molar-refractivity contribution in [1.82, 2.24) is 0 Å². The Morgan fingerprint density at radius 1 is 0.155 bits per heavy atom. The van der Waals surface area contributed by atoms with Crippen molar-refractivity contribution in [3.8, 4) is 0 Å². The van der Waals surface area contributed by atoms with Gasteiger partial charge >= 0.3 is 0 Å². The predicted molar refractivity (Wildman–Crippen MR) is 516 cm³/mol. The van der Waals surface area contributed by atoms with E-state index in [1.165, 1.54) is 94.6 Å². The minimum absolute atomic E-state index is 0.275. The fourth-order valence-electron chi connectivity index (χ4n) is 16.6. The van der Waals surface area contributed by atoms with Crippen LogP contribution in [0.15, 0.2) is 406 Å². The molecule has 0 bridgehead atoms. The highest BCUT2D eigenvalue weighted by atomic mass is 127. The molecule has 16 aromatic rings. The summed E-state index contributed by atoms with van der Waals surface area (Å²) in [5.74, 6) is -2.12. The van der Waals surface area contributed by atoms with Gasteiger partial charge in [0.25, 0.3) is 0 Å². The van der Waals surface area contributed by atoms with Crippen molar-refractivity contribution in [2.45, 2.75) is 0 Å². The largest absolute Gasteiger partial charge is 0.207 e. The zero-order valence-corrected chi connectivity index (χ0v) is 75.0. The molecule has 20 heteroatoms. The lowest BCUT2D eigenvalue weighted by Crippen LogP contribution is -2.74. The van der Waals surface area contributed by atoms with Crippen molar-refractivity contribution in [2.24, 2.45) is 0 Å². The Morgan fingerprint density at radius 3 is 0.371 bits per heavy atom. The Kier molecular flexibility index (Phi) is 28.6. The first-order valence-corrected chi connectivity index (χ1v) is 43.6. The van der Waals surface area contributed by atoms with Gasteiger partial charge in [-0.1, -0.05) is 377 Å². The highest BCUT2D eigenvalue weighted by molar-refractivity contribution is 14.1. The third kappa shape index (κ3) is 19.0. The maximum absolute atomic E-state index is 13.8. The molecule has 0 aliphatic rings. The monoisotopic (exact) mass is 2080 g/mol. The van der Waals surface area contributed by atoms with Crippen LogP contribution in [0.3, 0.4) is 0 Å². The Hall–Kier alpha value is -8.10. The summed E-state index contributed by atoms with van der Waals surface area (Å²) < 4.78 is 89.0. The van der Waals surface area contributed by atoms with Crippen molar-refractivity contribution in [3.63, 3.8) is 0 Å². The molecule has 0 saturated heterocycles. The highest BCUT2D eigenvalue weighted by Crippen LogP contribution is 2.23. The SMILES string of the molecule is Brc1ccc([B-](c2ccc(Br)cc2)(c2ccc(Br)cc2)c2ccc(Br)cc2)cc1.Clc1ccc([B-](c2ccc(Cl)cc2)(c2ccc(Cl)cc2)c2ccc(Cl)cc2)cc1.Fc1ccc([B-](c2ccc(F)cc2)(c2ccc(F)cc2)c2ccc(F)cc2)cc1.Fc1ccc([B-](c2ccc(F)cc2)(c2ccc(I)cc2)c2ccc(I)cc2)cc1. The fourth-order valence-corrected chi connectivity index (χ4v) is 18.9. The number of benzene rings is 16. The molecule has 0 saturated carbocycles. The summed E-state index contributed by atoms with van der Waals surface area (Å²) in [7, 11) is 0. The number of rotatable bonds is 16. The first-order valence-electron chi connectivity index (χ1n) is 36.8. The van der Waals surface area contributed by atoms with Crippen molar-refractivity contribution in [1.29, 1.82) is 0 Å². The van der Waals surface area contributed by atoms with E-state index in [9.17, 15) is 26.3 Å². The average Bonchev–Trinajstić information content (AvgIpc) is 0.752. The maximum Gasteiger partial charge on any atom is 0.122 e. The molecule has 16 rings (SSSR count). The molecule has 0 aliphatic carbocycles. The van der Waals surface area contributed by atoms with Gasteiger partial charge in [0.1, 0.15) is 59.5 Å². The number of hydrogen-bond donors (Lipinski definition) is 0. The molecule has 0 fully saturated rings. The zero-order chi connectivity index (χ0) is 81.7. The summed E-state index contributed by atoms with van der Waals surface area (Å²) in [6.45, 7) is 0. The number of hydrogen-bond acceptors (Lipinski definition) is 0.